The lowest BCUT2D eigenvalue weighted by Gasteiger charge is -2.44. The second-order valence-corrected chi connectivity index (χ2v) is 3.66. The van der Waals surface area contributed by atoms with Gasteiger partial charge < -0.3 is 0 Å². The van der Waals surface area contributed by atoms with Gasteiger partial charge in [-0.15, -0.1) is 0 Å². The van der Waals surface area contributed by atoms with E-state index in [4.69, 9.17) is 0 Å². The second kappa shape index (κ2) is 2.70. The van der Waals surface area contributed by atoms with Gasteiger partial charge in [0.25, 0.3) is 0 Å². The summed E-state index contributed by atoms with van der Waals surface area (Å²) in [5.74, 6) is -0.957. The van der Waals surface area contributed by atoms with Crippen LogP contribution in [-0.4, -0.2) is 36.0 Å². The van der Waals surface area contributed by atoms with E-state index in [0.29, 0.717) is 25.9 Å². The Kier molecular flexibility index (Phi) is 1.87. The van der Waals surface area contributed by atoms with Crippen LogP contribution >= 0.6 is 0 Å². The third kappa shape index (κ3) is 1.35. The zero-order valence-corrected chi connectivity index (χ0v) is 6.97. The van der Waals surface area contributed by atoms with Crippen molar-refractivity contribution < 1.29 is 18.0 Å². The fourth-order valence-electron chi connectivity index (χ4n) is 2.21. The molecule has 0 amide bonds. The molecule has 5 heteroatoms. The Morgan fingerprint density at radius 3 is 2.08 bits per heavy atom. The van der Waals surface area contributed by atoms with Crippen molar-refractivity contribution in [2.45, 2.75) is 25.1 Å². The van der Waals surface area contributed by atoms with Crippen LogP contribution in [0.4, 0.5) is 13.2 Å². The van der Waals surface area contributed by atoms with E-state index >= 15 is 0 Å². The molecule has 3 aliphatic heterocycles. The molecule has 3 fully saturated rings. The number of piperidine rings is 3. The zero-order valence-electron chi connectivity index (χ0n) is 6.97. The van der Waals surface area contributed by atoms with Crippen molar-refractivity contribution in [1.29, 1.82) is 0 Å². The molecule has 3 rings (SSSR count). The van der Waals surface area contributed by atoms with Gasteiger partial charge in [-0.3, -0.25) is 9.69 Å². The topological polar surface area (TPSA) is 20.3 Å². The quantitative estimate of drug-likeness (QED) is 0.576. The highest BCUT2D eigenvalue weighted by molar-refractivity contribution is 5.88. The van der Waals surface area contributed by atoms with Gasteiger partial charge in [-0.05, 0) is 25.9 Å². The van der Waals surface area contributed by atoms with Crippen molar-refractivity contribution in [3.8, 4) is 0 Å². The van der Waals surface area contributed by atoms with Crippen LogP contribution in [0.15, 0.2) is 0 Å². The number of halogens is 3. The lowest BCUT2D eigenvalue weighted by molar-refractivity contribution is -0.203. The van der Waals surface area contributed by atoms with Crippen LogP contribution < -0.4 is 0 Å². The number of nitrogens with zero attached hydrogens (tertiary/aromatic N) is 1. The lowest BCUT2D eigenvalue weighted by Crippen LogP contribution is -2.61. The summed E-state index contributed by atoms with van der Waals surface area (Å²) in [4.78, 5) is 12.5. The highest BCUT2D eigenvalue weighted by Gasteiger charge is 2.54. The average molecular weight is 193 g/mol. The van der Waals surface area contributed by atoms with Gasteiger partial charge in [-0.2, -0.15) is 13.2 Å². The Hall–Kier alpha value is -0.580. The first-order valence-corrected chi connectivity index (χ1v) is 4.34. The Morgan fingerprint density at radius 2 is 1.77 bits per heavy atom. The maximum atomic E-state index is 12.4. The molecule has 0 spiro atoms. The first-order chi connectivity index (χ1) is 6.00. The van der Waals surface area contributed by atoms with Gasteiger partial charge in [0.15, 0.2) is 11.8 Å². The number of hydrogen-bond donors (Lipinski definition) is 0. The number of Topliss-reactive ketones (excluding diaryl/α,β-unsaturated/α-hetero) is 1. The minimum atomic E-state index is -4.38. The molecule has 74 valence electrons. The Labute approximate surface area is 73.7 Å². The molecule has 0 aromatic carbocycles. The molecule has 3 heterocycles. The molecule has 3 aliphatic rings. The summed E-state index contributed by atoms with van der Waals surface area (Å²) in [5.41, 5.74) is 0. The van der Waals surface area contributed by atoms with E-state index < -0.39 is 18.0 Å². The third-order valence-electron chi connectivity index (χ3n) is 2.88. The monoisotopic (exact) mass is 193 g/mol. The minimum Gasteiger partial charge on any atom is -0.297 e. The lowest BCUT2D eigenvalue weighted by atomic mass is 9.82. The molecule has 3 saturated heterocycles. The van der Waals surface area contributed by atoms with Gasteiger partial charge in [0.2, 0.25) is 0 Å². The smallest absolute Gasteiger partial charge is 0.297 e. The SMILES string of the molecule is O=C1C2CCN(CC2)C1C(F)(F)F. The number of rotatable bonds is 0. The van der Waals surface area contributed by atoms with E-state index in [2.05, 4.69) is 0 Å². The van der Waals surface area contributed by atoms with Crippen LogP contribution in [0, 0.1) is 5.92 Å². The fourth-order valence-corrected chi connectivity index (χ4v) is 2.21. The van der Waals surface area contributed by atoms with Gasteiger partial charge >= 0.3 is 6.18 Å². The van der Waals surface area contributed by atoms with Gasteiger partial charge in [0.1, 0.15) is 0 Å². The van der Waals surface area contributed by atoms with Gasteiger partial charge in [-0.1, -0.05) is 0 Å². The van der Waals surface area contributed by atoms with Crippen LogP contribution in [0.2, 0.25) is 0 Å². The number of fused-ring (bicyclic) bond motifs is 3. The van der Waals surface area contributed by atoms with E-state index in [9.17, 15) is 18.0 Å². The molecule has 0 radical (unpaired) electrons. The van der Waals surface area contributed by atoms with E-state index in [1.807, 2.05) is 0 Å². The molecule has 0 aromatic rings. The molecule has 0 saturated carbocycles. The van der Waals surface area contributed by atoms with Crippen LogP contribution in [0.1, 0.15) is 12.8 Å². The van der Waals surface area contributed by atoms with Gasteiger partial charge in [0, 0.05) is 5.92 Å². The number of ketones is 1. The predicted octanol–water partition coefficient (Wildman–Crippen LogP) is 1.21. The summed E-state index contributed by atoms with van der Waals surface area (Å²) >= 11 is 0. The van der Waals surface area contributed by atoms with Gasteiger partial charge in [-0.25, -0.2) is 0 Å². The summed E-state index contributed by atoms with van der Waals surface area (Å²) < 4.78 is 37.2. The van der Waals surface area contributed by atoms with Crippen molar-refractivity contribution in [3.05, 3.63) is 0 Å². The predicted molar refractivity (Wildman–Crippen MR) is 39.1 cm³/mol. The molecule has 0 N–H and O–H groups in total. The summed E-state index contributed by atoms with van der Waals surface area (Å²) in [6.45, 7) is 0.834. The Balaban J connectivity index is 2.24. The number of hydrogen-bond acceptors (Lipinski definition) is 2. The van der Waals surface area contributed by atoms with E-state index in [1.54, 1.807) is 0 Å². The standard InChI is InChI=1S/C8H10F3NO/c9-8(10,11)7-6(13)5-1-3-12(7)4-2-5/h5,7H,1-4H2. The molecule has 0 aliphatic carbocycles. The maximum Gasteiger partial charge on any atom is 0.411 e. The highest BCUT2D eigenvalue weighted by atomic mass is 19.4. The Morgan fingerprint density at radius 1 is 1.23 bits per heavy atom. The van der Waals surface area contributed by atoms with Crippen molar-refractivity contribution in [3.63, 3.8) is 0 Å². The third-order valence-corrected chi connectivity index (χ3v) is 2.88. The summed E-state index contributed by atoms with van der Waals surface area (Å²) in [6, 6.07) is -1.81. The molecule has 1 unspecified atom stereocenters. The van der Waals surface area contributed by atoms with Crippen molar-refractivity contribution in [2.24, 2.45) is 5.92 Å². The number of carbonyl (C=O) groups excluding carboxylic acids is 1. The summed E-state index contributed by atoms with van der Waals surface area (Å²) in [7, 11) is 0. The molecular weight excluding hydrogens is 183 g/mol. The van der Waals surface area contributed by atoms with Crippen LogP contribution in [0.5, 0.6) is 0 Å². The summed E-state index contributed by atoms with van der Waals surface area (Å²) in [5, 5.41) is 0. The fraction of sp³-hybridized carbons (Fsp3) is 0.875. The molecule has 13 heavy (non-hydrogen) atoms. The largest absolute Gasteiger partial charge is 0.411 e. The van der Waals surface area contributed by atoms with Crippen LogP contribution in [0.3, 0.4) is 0 Å². The van der Waals surface area contributed by atoms with E-state index in [1.165, 1.54) is 4.90 Å². The molecular formula is C8H10F3NO. The van der Waals surface area contributed by atoms with Crippen molar-refractivity contribution >= 4 is 5.78 Å². The van der Waals surface area contributed by atoms with Crippen molar-refractivity contribution in [1.82, 2.24) is 4.90 Å². The summed E-state index contributed by atoms with van der Waals surface area (Å²) in [6.07, 6.45) is -3.17. The van der Waals surface area contributed by atoms with E-state index in [0.717, 1.165) is 0 Å². The molecule has 2 bridgehead atoms. The zero-order chi connectivity index (χ0) is 9.64. The highest BCUT2D eigenvalue weighted by Crippen LogP contribution is 2.37. The first kappa shape index (κ1) is 8.99. The molecule has 1 atom stereocenters. The first-order valence-electron chi connectivity index (χ1n) is 4.34. The van der Waals surface area contributed by atoms with Crippen LogP contribution in [-0.2, 0) is 4.79 Å². The number of alkyl halides is 3. The second-order valence-electron chi connectivity index (χ2n) is 3.66. The van der Waals surface area contributed by atoms with Crippen molar-refractivity contribution in [2.75, 3.05) is 13.1 Å². The minimum absolute atomic E-state index is 0.336. The maximum absolute atomic E-state index is 12.4. The average Bonchev–Trinajstić information content (AvgIpc) is 2.03. The van der Waals surface area contributed by atoms with Crippen LogP contribution in [0.25, 0.3) is 0 Å². The molecule has 0 aromatic heterocycles. The molecule has 2 nitrogen and oxygen atoms in total. The Bertz CT molecular complexity index is 230. The normalized spacial score (nSPS) is 39.6. The van der Waals surface area contributed by atoms with E-state index in [-0.39, 0.29) is 5.92 Å². The van der Waals surface area contributed by atoms with Gasteiger partial charge in [0.05, 0.1) is 0 Å². The number of carbonyl (C=O) groups is 1.